The number of hydrogen-bond donors (Lipinski definition) is 0. The first-order chi connectivity index (χ1) is 17.3. The van der Waals surface area contributed by atoms with E-state index in [0.717, 1.165) is 49.9 Å². The number of hydrogen-bond acceptors (Lipinski definition) is 7. The van der Waals surface area contributed by atoms with Crippen molar-refractivity contribution in [1.29, 1.82) is 5.26 Å². The van der Waals surface area contributed by atoms with Crippen LogP contribution in [0.3, 0.4) is 0 Å². The molecule has 1 aromatic rings. The minimum atomic E-state index is -0.267. The number of nitrogens with zero attached hydrogens (tertiary/aromatic N) is 4. The summed E-state index contributed by atoms with van der Waals surface area (Å²) >= 11 is 6.99. The van der Waals surface area contributed by atoms with Crippen LogP contribution in [0.15, 0.2) is 9.70 Å². The molecule has 0 aromatic carbocycles. The quantitative estimate of drug-likeness (QED) is 0.381. The Balaban J connectivity index is 1.86. The van der Waals surface area contributed by atoms with Crippen molar-refractivity contribution >= 4 is 46.1 Å². The molecule has 3 aliphatic rings. The predicted molar refractivity (Wildman–Crippen MR) is 149 cm³/mol. The first kappa shape index (κ1) is 26.9. The average Bonchev–Trinajstić information content (AvgIpc) is 3.12. The van der Waals surface area contributed by atoms with E-state index >= 15 is 0 Å². The summed E-state index contributed by atoms with van der Waals surface area (Å²) in [6.45, 7) is 9.74. The molecule has 3 heterocycles. The first-order valence-electron chi connectivity index (χ1n) is 13.1. The molecule has 3 fully saturated rings. The summed E-state index contributed by atoms with van der Waals surface area (Å²) in [5.74, 6) is 0.714. The van der Waals surface area contributed by atoms with Gasteiger partial charge in [0.2, 0.25) is 0 Å². The first-order valence-corrected chi connectivity index (χ1v) is 14.3. The van der Waals surface area contributed by atoms with E-state index in [0.29, 0.717) is 34.4 Å². The number of pyridine rings is 1. The number of thiocarbonyl (C=S) groups is 1. The van der Waals surface area contributed by atoms with Crippen LogP contribution in [0.5, 0.6) is 0 Å². The molecule has 0 spiro atoms. The van der Waals surface area contributed by atoms with Gasteiger partial charge in [0, 0.05) is 31.2 Å². The Labute approximate surface area is 223 Å². The number of anilines is 1. The van der Waals surface area contributed by atoms with Crippen LogP contribution in [-0.2, 0) is 16.1 Å². The molecular weight excluding hydrogens is 492 g/mol. The highest BCUT2D eigenvalue weighted by molar-refractivity contribution is 8.26. The molecule has 1 aromatic heterocycles. The highest BCUT2D eigenvalue weighted by atomic mass is 32.2. The summed E-state index contributed by atoms with van der Waals surface area (Å²) in [7, 11) is 0. The van der Waals surface area contributed by atoms with Gasteiger partial charge in [-0.3, -0.25) is 19.1 Å². The number of aromatic nitrogens is 1. The summed E-state index contributed by atoms with van der Waals surface area (Å²) in [6, 6.07) is 2.30. The van der Waals surface area contributed by atoms with Gasteiger partial charge in [-0.1, -0.05) is 56.6 Å². The SMILES string of the molecule is CCCCn1c(N2CC(C)OC(C)C2)c(/C=C2\SC(=S)N(C3CCCCC3)C2=O)c(C)c(C#N)c1=O. The van der Waals surface area contributed by atoms with Crippen LogP contribution in [0, 0.1) is 18.3 Å². The van der Waals surface area contributed by atoms with Gasteiger partial charge in [0.1, 0.15) is 21.8 Å². The van der Waals surface area contributed by atoms with Crippen molar-refractivity contribution in [2.45, 2.75) is 97.4 Å². The van der Waals surface area contributed by atoms with Gasteiger partial charge in [-0.05, 0) is 51.7 Å². The van der Waals surface area contributed by atoms with Crippen LogP contribution >= 0.6 is 24.0 Å². The molecule has 4 rings (SSSR count). The van der Waals surface area contributed by atoms with Crippen molar-refractivity contribution in [1.82, 2.24) is 9.47 Å². The third kappa shape index (κ3) is 5.27. The molecule has 1 amide bonds. The van der Waals surface area contributed by atoms with E-state index < -0.39 is 0 Å². The van der Waals surface area contributed by atoms with Crippen molar-refractivity contribution in [3.63, 3.8) is 0 Å². The molecule has 7 nitrogen and oxygen atoms in total. The molecule has 1 saturated carbocycles. The third-order valence-electron chi connectivity index (χ3n) is 7.34. The fourth-order valence-electron chi connectivity index (χ4n) is 5.62. The van der Waals surface area contributed by atoms with Crippen LogP contribution in [0.1, 0.15) is 82.4 Å². The maximum Gasteiger partial charge on any atom is 0.270 e. The highest BCUT2D eigenvalue weighted by Gasteiger charge is 2.38. The predicted octanol–water partition coefficient (Wildman–Crippen LogP) is 4.98. The topological polar surface area (TPSA) is 78.6 Å². The minimum absolute atomic E-state index is 0.00297. The van der Waals surface area contributed by atoms with E-state index in [4.69, 9.17) is 17.0 Å². The molecule has 0 radical (unpaired) electrons. The van der Waals surface area contributed by atoms with Gasteiger partial charge >= 0.3 is 0 Å². The Morgan fingerprint density at radius 2 is 1.83 bits per heavy atom. The van der Waals surface area contributed by atoms with Crippen molar-refractivity contribution < 1.29 is 9.53 Å². The monoisotopic (exact) mass is 528 g/mol. The average molecular weight is 529 g/mol. The Kier molecular flexibility index (Phi) is 8.59. The van der Waals surface area contributed by atoms with Crippen molar-refractivity contribution in [2.24, 2.45) is 0 Å². The zero-order valence-electron chi connectivity index (χ0n) is 21.7. The molecule has 9 heteroatoms. The second-order valence-electron chi connectivity index (χ2n) is 10.2. The molecule has 2 atom stereocenters. The molecule has 2 aliphatic heterocycles. The lowest BCUT2D eigenvalue weighted by Gasteiger charge is -2.39. The lowest BCUT2D eigenvalue weighted by Crippen LogP contribution is -2.48. The molecule has 2 unspecified atom stereocenters. The van der Waals surface area contributed by atoms with Crippen molar-refractivity contribution in [3.05, 3.63) is 31.9 Å². The van der Waals surface area contributed by atoms with Crippen LogP contribution in [0.4, 0.5) is 5.82 Å². The van der Waals surface area contributed by atoms with Crippen molar-refractivity contribution in [3.8, 4) is 6.07 Å². The fraction of sp³-hybridized carbons (Fsp3) is 0.630. The van der Waals surface area contributed by atoms with Gasteiger partial charge in [0.25, 0.3) is 11.5 Å². The van der Waals surface area contributed by atoms with E-state index in [2.05, 4.69) is 17.9 Å². The number of thioether (sulfide) groups is 1. The van der Waals surface area contributed by atoms with Gasteiger partial charge in [-0.2, -0.15) is 5.26 Å². The van der Waals surface area contributed by atoms with Crippen LogP contribution in [-0.4, -0.2) is 51.0 Å². The van der Waals surface area contributed by atoms with Gasteiger partial charge in [0.05, 0.1) is 17.1 Å². The zero-order valence-corrected chi connectivity index (χ0v) is 23.3. The van der Waals surface area contributed by atoms with Gasteiger partial charge in [0.15, 0.2) is 0 Å². The Hall–Kier alpha value is -2.15. The Bertz CT molecular complexity index is 1150. The Morgan fingerprint density at radius 1 is 1.17 bits per heavy atom. The van der Waals surface area contributed by atoms with Gasteiger partial charge in [-0.15, -0.1) is 0 Å². The number of carbonyl (C=O) groups excluding carboxylic acids is 1. The number of rotatable bonds is 6. The maximum atomic E-state index is 13.6. The van der Waals surface area contributed by atoms with Crippen molar-refractivity contribution in [2.75, 3.05) is 18.0 Å². The number of morpholine rings is 1. The number of ether oxygens (including phenoxy) is 1. The summed E-state index contributed by atoms with van der Waals surface area (Å²) < 4.78 is 8.32. The normalized spacial score (nSPS) is 24.6. The molecular formula is C27H36N4O3S2. The van der Waals surface area contributed by atoms with Gasteiger partial charge in [-0.25, -0.2) is 0 Å². The summed E-state index contributed by atoms with van der Waals surface area (Å²) in [5, 5.41) is 9.91. The van der Waals surface area contributed by atoms with E-state index in [1.807, 2.05) is 26.8 Å². The number of carbonyl (C=O) groups is 1. The molecule has 1 aliphatic carbocycles. The van der Waals surface area contributed by atoms with E-state index in [1.165, 1.54) is 18.2 Å². The molecule has 2 saturated heterocycles. The fourth-order valence-corrected chi connectivity index (χ4v) is 7.01. The van der Waals surface area contributed by atoms with Crippen LogP contribution in [0.25, 0.3) is 6.08 Å². The molecule has 0 bridgehead atoms. The molecule has 36 heavy (non-hydrogen) atoms. The summed E-state index contributed by atoms with van der Waals surface area (Å²) in [6.07, 6.45) is 9.01. The van der Waals surface area contributed by atoms with Crippen LogP contribution < -0.4 is 10.5 Å². The van der Waals surface area contributed by atoms with Crippen LogP contribution in [0.2, 0.25) is 0 Å². The largest absolute Gasteiger partial charge is 0.372 e. The van der Waals surface area contributed by atoms with E-state index in [1.54, 1.807) is 9.47 Å². The lowest BCUT2D eigenvalue weighted by atomic mass is 9.94. The van der Waals surface area contributed by atoms with Gasteiger partial charge < -0.3 is 9.64 Å². The number of nitriles is 1. The second kappa shape index (κ2) is 11.5. The summed E-state index contributed by atoms with van der Waals surface area (Å²) in [5.41, 5.74) is 1.24. The molecule has 0 N–H and O–H groups in total. The third-order valence-corrected chi connectivity index (χ3v) is 8.67. The highest BCUT2D eigenvalue weighted by Crippen LogP contribution is 2.39. The maximum absolute atomic E-state index is 13.6. The number of unbranched alkanes of at least 4 members (excludes halogenated alkanes) is 1. The summed E-state index contributed by atoms with van der Waals surface area (Å²) in [4.78, 5) is 31.6. The molecule has 194 valence electrons. The zero-order chi connectivity index (χ0) is 26.0. The standard InChI is InChI=1S/C27H36N4O3S2/c1-5-6-12-30-24(29-15-17(2)34-18(3)16-29)21(19(4)22(14-28)25(30)32)13-23-26(33)31(27(35)36-23)20-10-8-7-9-11-20/h13,17-18,20H,5-12,15-16H2,1-4H3/b23-13-. The Morgan fingerprint density at radius 3 is 2.44 bits per heavy atom. The second-order valence-corrected chi connectivity index (χ2v) is 11.8. The smallest absolute Gasteiger partial charge is 0.270 e. The number of amides is 1. The lowest BCUT2D eigenvalue weighted by molar-refractivity contribution is -0.124. The van der Waals surface area contributed by atoms with E-state index in [-0.39, 0.29) is 35.3 Å². The minimum Gasteiger partial charge on any atom is -0.372 e. The van der Waals surface area contributed by atoms with E-state index in [9.17, 15) is 14.9 Å².